The van der Waals surface area contributed by atoms with Crippen LogP contribution in [0.25, 0.3) is 11.1 Å². The highest BCUT2D eigenvalue weighted by Crippen LogP contribution is 2.23. The van der Waals surface area contributed by atoms with Crippen molar-refractivity contribution in [2.24, 2.45) is 0 Å². The van der Waals surface area contributed by atoms with Gasteiger partial charge in [0, 0.05) is 5.88 Å². The van der Waals surface area contributed by atoms with Gasteiger partial charge in [-0.1, -0.05) is 88.3 Å². The Bertz CT molecular complexity index is 574. The first kappa shape index (κ1) is 19.8. The van der Waals surface area contributed by atoms with E-state index in [1.54, 1.807) is 0 Å². The van der Waals surface area contributed by atoms with Gasteiger partial charge in [0.1, 0.15) is 5.75 Å². The van der Waals surface area contributed by atoms with E-state index in [2.05, 4.69) is 55.5 Å². The summed E-state index contributed by atoms with van der Waals surface area (Å²) in [6.45, 7) is 3.08. The number of alkyl halides is 1. The zero-order valence-electron chi connectivity index (χ0n) is 15.5. The topological polar surface area (TPSA) is 9.23 Å². The molecular weight excluding hydrogens is 328 g/mol. The van der Waals surface area contributed by atoms with Crippen LogP contribution in [0.4, 0.5) is 0 Å². The summed E-state index contributed by atoms with van der Waals surface area (Å²) in [5, 5.41) is 0. The molecule has 0 spiro atoms. The van der Waals surface area contributed by atoms with Crippen molar-refractivity contribution in [1.29, 1.82) is 0 Å². The number of benzene rings is 2. The van der Waals surface area contributed by atoms with Gasteiger partial charge >= 0.3 is 0 Å². The van der Waals surface area contributed by atoms with Crippen molar-refractivity contribution in [3.63, 3.8) is 0 Å². The first-order chi connectivity index (χ1) is 12.3. The lowest BCUT2D eigenvalue weighted by molar-refractivity contribution is 0.304. The Kier molecular flexibility index (Phi) is 9.51. The predicted molar refractivity (Wildman–Crippen MR) is 110 cm³/mol. The Morgan fingerprint density at radius 1 is 0.680 bits per heavy atom. The summed E-state index contributed by atoms with van der Waals surface area (Å²) < 4.78 is 5.86. The fourth-order valence-electron chi connectivity index (χ4n) is 2.96. The highest BCUT2D eigenvalue weighted by Gasteiger charge is 2.00. The smallest absolute Gasteiger partial charge is 0.119 e. The van der Waals surface area contributed by atoms with Crippen LogP contribution in [0.3, 0.4) is 0 Å². The summed E-state index contributed by atoms with van der Waals surface area (Å²) in [4.78, 5) is 0. The van der Waals surface area contributed by atoms with Gasteiger partial charge in [0.05, 0.1) is 6.61 Å². The third-order valence-corrected chi connectivity index (χ3v) is 4.87. The molecule has 136 valence electrons. The average Bonchev–Trinajstić information content (AvgIpc) is 2.67. The van der Waals surface area contributed by atoms with E-state index in [0.717, 1.165) is 24.3 Å². The lowest BCUT2D eigenvalue weighted by Gasteiger charge is -2.08. The molecule has 0 N–H and O–H groups in total. The van der Waals surface area contributed by atoms with Gasteiger partial charge in [0.2, 0.25) is 0 Å². The van der Waals surface area contributed by atoms with Crippen molar-refractivity contribution >= 4 is 11.6 Å². The molecule has 0 unspecified atom stereocenters. The maximum absolute atomic E-state index is 5.86. The Hall–Kier alpha value is -1.47. The van der Waals surface area contributed by atoms with E-state index in [1.807, 2.05) is 0 Å². The highest BCUT2D eigenvalue weighted by molar-refractivity contribution is 6.17. The van der Waals surface area contributed by atoms with Crippen LogP contribution in [0.15, 0.2) is 48.5 Å². The molecule has 0 fully saturated rings. The van der Waals surface area contributed by atoms with Crippen molar-refractivity contribution in [2.45, 2.75) is 64.2 Å². The van der Waals surface area contributed by atoms with Gasteiger partial charge in [-0.25, -0.2) is 0 Å². The Balaban J connectivity index is 1.65. The molecule has 0 radical (unpaired) electrons. The quantitative estimate of drug-likeness (QED) is 0.280. The number of hydrogen-bond donors (Lipinski definition) is 0. The van der Waals surface area contributed by atoms with Gasteiger partial charge in [0.15, 0.2) is 0 Å². The van der Waals surface area contributed by atoms with Gasteiger partial charge in [-0.3, -0.25) is 0 Å². The summed E-state index contributed by atoms with van der Waals surface area (Å²) in [6, 6.07) is 16.8. The first-order valence-corrected chi connectivity index (χ1v) is 10.2. The molecular formula is C23H31ClO. The summed E-state index contributed by atoms with van der Waals surface area (Å²) in [5.41, 5.74) is 3.57. The Morgan fingerprint density at radius 3 is 1.76 bits per heavy atom. The summed E-state index contributed by atoms with van der Waals surface area (Å²) in [7, 11) is 0. The number of halogens is 1. The van der Waals surface area contributed by atoms with E-state index in [9.17, 15) is 0 Å². The lowest BCUT2D eigenvalue weighted by Crippen LogP contribution is -1.97. The Morgan fingerprint density at radius 2 is 1.20 bits per heavy atom. The van der Waals surface area contributed by atoms with Crippen molar-refractivity contribution in [2.75, 3.05) is 6.61 Å². The van der Waals surface area contributed by atoms with E-state index >= 15 is 0 Å². The van der Waals surface area contributed by atoms with Crippen molar-refractivity contribution in [1.82, 2.24) is 0 Å². The zero-order chi connectivity index (χ0) is 17.7. The number of ether oxygens (including phenoxy) is 1. The van der Waals surface area contributed by atoms with Gasteiger partial charge in [-0.05, 0) is 35.2 Å². The van der Waals surface area contributed by atoms with Gasteiger partial charge < -0.3 is 4.74 Å². The molecule has 2 rings (SSSR count). The maximum Gasteiger partial charge on any atom is 0.119 e. The second kappa shape index (κ2) is 12.0. The molecule has 0 aliphatic rings. The van der Waals surface area contributed by atoms with E-state index in [0.29, 0.717) is 5.88 Å². The molecule has 0 aromatic heterocycles. The molecule has 2 aromatic rings. The van der Waals surface area contributed by atoms with Crippen LogP contribution >= 0.6 is 11.6 Å². The summed E-state index contributed by atoms with van der Waals surface area (Å²) in [5.74, 6) is 1.52. The standard InChI is InChI=1S/C23H31ClO/c1-2-3-4-5-6-7-8-9-18-25-23-16-14-22(15-17-23)21-12-10-20(19-24)11-13-21/h10-17H,2-9,18-19H2,1H3. The van der Waals surface area contributed by atoms with Crippen molar-refractivity contribution in [3.8, 4) is 16.9 Å². The third-order valence-electron chi connectivity index (χ3n) is 4.56. The van der Waals surface area contributed by atoms with Gasteiger partial charge in [-0.15, -0.1) is 11.6 Å². The zero-order valence-corrected chi connectivity index (χ0v) is 16.2. The third kappa shape index (κ3) is 7.52. The molecule has 0 heterocycles. The van der Waals surface area contributed by atoms with Gasteiger partial charge in [0.25, 0.3) is 0 Å². The molecule has 0 bridgehead atoms. The second-order valence-electron chi connectivity index (χ2n) is 6.68. The van der Waals surface area contributed by atoms with Gasteiger partial charge in [-0.2, -0.15) is 0 Å². The molecule has 0 aliphatic heterocycles. The molecule has 0 aliphatic carbocycles. The SMILES string of the molecule is CCCCCCCCCCOc1ccc(-c2ccc(CCl)cc2)cc1. The highest BCUT2D eigenvalue weighted by atomic mass is 35.5. The molecule has 0 saturated heterocycles. The first-order valence-electron chi connectivity index (χ1n) is 9.71. The van der Waals surface area contributed by atoms with Crippen LogP contribution in [-0.4, -0.2) is 6.61 Å². The average molecular weight is 359 g/mol. The van der Waals surface area contributed by atoms with E-state index < -0.39 is 0 Å². The van der Waals surface area contributed by atoms with Crippen LogP contribution in [0, 0.1) is 0 Å². The Labute approximate surface area is 158 Å². The van der Waals surface area contributed by atoms with E-state index in [4.69, 9.17) is 16.3 Å². The summed E-state index contributed by atoms with van der Waals surface area (Å²) >= 11 is 5.84. The van der Waals surface area contributed by atoms with E-state index in [-0.39, 0.29) is 0 Å². The van der Waals surface area contributed by atoms with Crippen molar-refractivity contribution in [3.05, 3.63) is 54.1 Å². The normalized spacial score (nSPS) is 10.8. The largest absolute Gasteiger partial charge is 0.494 e. The number of hydrogen-bond acceptors (Lipinski definition) is 1. The summed E-state index contributed by atoms with van der Waals surface area (Å²) in [6.07, 6.45) is 10.6. The fourth-order valence-corrected chi connectivity index (χ4v) is 3.13. The lowest BCUT2D eigenvalue weighted by atomic mass is 10.0. The molecule has 2 heteroatoms. The van der Waals surface area contributed by atoms with Crippen LogP contribution in [-0.2, 0) is 5.88 Å². The minimum atomic E-state index is 0.561. The molecule has 25 heavy (non-hydrogen) atoms. The number of rotatable bonds is 12. The second-order valence-corrected chi connectivity index (χ2v) is 6.95. The fraction of sp³-hybridized carbons (Fsp3) is 0.478. The maximum atomic E-state index is 5.86. The molecule has 0 atom stereocenters. The minimum absolute atomic E-state index is 0.561. The molecule has 2 aromatic carbocycles. The van der Waals surface area contributed by atoms with Crippen LogP contribution in [0.2, 0.25) is 0 Å². The van der Waals surface area contributed by atoms with Crippen molar-refractivity contribution < 1.29 is 4.74 Å². The van der Waals surface area contributed by atoms with E-state index in [1.165, 1.54) is 56.1 Å². The monoisotopic (exact) mass is 358 g/mol. The molecule has 0 saturated carbocycles. The predicted octanol–water partition coefficient (Wildman–Crippen LogP) is 7.61. The molecule has 1 nitrogen and oxygen atoms in total. The van der Waals surface area contributed by atoms with Crippen LogP contribution in [0.1, 0.15) is 63.9 Å². The van der Waals surface area contributed by atoms with Crippen LogP contribution in [0.5, 0.6) is 5.75 Å². The van der Waals surface area contributed by atoms with Crippen LogP contribution < -0.4 is 4.74 Å². The number of unbranched alkanes of at least 4 members (excludes halogenated alkanes) is 7. The molecule has 0 amide bonds. The minimum Gasteiger partial charge on any atom is -0.494 e.